The van der Waals surface area contributed by atoms with Crippen molar-refractivity contribution in [3.63, 3.8) is 0 Å². The molecule has 1 saturated heterocycles. The number of hydrogen-bond acceptors (Lipinski definition) is 3. The Morgan fingerprint density at radius 2 is 1.46 bits per heavy atom. The van der Waals surface area contributed by atoms with E-state index in [1.807, 2.05) is 13.8 Å². The molecule has 0 aromatic heterocycles. The van der Waals surface area contributed by atoms with Gasteiger partial charge in [0, 0.05) is 19.6 Å². The van der Waals surface area contributed by atoms with E-state index in [2.05, 4.69) is 36.3 Å². The van der Waals surface area contributed by atoms with Crippen LogP contribution in [0, 0.1) is 5.41 Å². The normalized spacial score (nSPS) is 16.0. The lowest BCUT2D eigenvalue weighted by molar-refractivity contribution is -0.139. The number of nitrogens with one attached hydrogen (secondary N) is 2. The zero-order valence-electron chi connectivity index (χ0n) is 17.0. The zero-order chi connectivity index (χ0) is 18.3. The molecule has 0 atom stereocenters. The topological polar surface area (TPSA) is 44.4 Å². The summed E-state index contributed by atoms with van der Waals surface area (Å²) in [6.45, 7) is 16.5. The SMILES string of the molecule is CC.CCCNCCCCCCCCNC(=O)C1(C)CN(CC)C1. The summed E-state index contributed by atoms with van der Waals surface area (Å²) in [4.78, 5) is 14.4. The Labute approximate surface area is 151 Å². The lowest BCUT2D eigenvalue weighted by Gasteiger charge is -2.46. The van der Waals surface area contributed by atoms with Gasteiger partial charge in [-0.3, -0.25) is 4.79 Å². The van der Waals surface area contributed by atoms with E-state index in [1.165, 1.54) is 38.5 Å². The number of rotatable bonds is 13. The molecule has 24 heavy (non-hydrogen) atoms. The molecule has 0 aromatic carbocycles. The van der Waals surface area contributed by atoms with Crippen LogP contribution in [0.2, 0.25) is 0 Å². The monoisotopic (exact) mass is 341 g/mol. The van der Waals surface area contributed by atoms with E-state index in [9.17, 15) is 4.79 Å². The van der Waals surface area contributed by atoms with Crippen LogP contribution in [0.25, 0.3) is 0 Å². The van der Waals surface area contributed by atoms with Gasteiger partial charge in [-0.05, 0) is 45.8 Å². The number of carbonyl (C=O) groups is 1. The van der Waals surface area contributed by atoms with Crippen molar-refractivity contribution in [2.24, 2.45) is 5.41 Å². The fourth-order valence-corrected chi connectivity index (χ4v) is 3.11. The number of likely N-dealkylation sites (tertiary alicyclic amines) is 1. The minimum atomic E-state index is -0.137. The third-order valence-corrected chi connectivity index (χ3v) is 4.63. The molecule has 0 radical (unpaired) electrons. The van der Waals surface area contributed by atoms with Gasteiger partial charge in [-0.15, -0.1) is 0 Å². The van der Waals surface area contributed by atoms with Crippen LogP contribution in [0.4, 0.5) is 0 Å². The van der Waals surface area contributed by atoms with Crippen LogP contribution in [0.5, 0.6) is 0 Å². The summed E-state index contributed by atoms with van der Waals surface area (Å²) in [6.07, 6.45) is 8.82. The van der Waals surface area contributed by atoms with Crippen molar-refractivity contribution in [3.8, 4) is 0 Å². The molecule has 2 N–H and O–H groups in total. The molecule has 1 amide bonds. The molecule has 0 spiro atoms. The number of carbonyl (C=O) groups excluding carboxylic acids is 1. The lowest BCUT2D eigenvalue weighted by Crippen LogP contribution is -2.61. The van der Waals surface area contributed by atoms with E-state index in [-0.39, 0.29) is 11.3 Å². The second-order valence-corrected chi connectivity index (χ2v) is 6.99. The average molecular weight is 342 g/mol. The van der Waals surface area contributed by atoms with E-state index in [0.29, 0.717) is 0 Å². The summed E-state index contributed by atoms with van der Waals surface area (Å²) < 4.78 is 0. The van der Waals surface area contributed by atoms with E-state index in [0.717, 1.165) is 45.7 Å². The van der Waals surface area contributed by atoms with E-state index >= 15 is 0 Å². The van der Waals surface area contributed by atoms with Gasteiger partial charge < -0.3 is 15.5 Å². The molecule has 0 aromatic rings. The van der Waals surface area contributed by atoms with Crippen LogP contribution < -0.4 is 10.6 Å². The van der Waals surface area contributed by atoms with Gasteiger partial charge in [0.15, 0.2) is 0 Å². The number of unbranched alkanes of at least 4 members (excludes halogenated alkanes) is 5. The fourth-order valence-electron chi connectivity index (χ4n) is 3.11. The Morgan fingerprint density at radius 3 is 2.00 bits per heavy atom. The minimum absolute atomic E-state index is 0.137. The van der Waals surface area contributed by atoms with Crippen molar-refractivity contribution < 1.29 is 4.79 Å². The minimum Gasteiger partial charge on any atom is -0.356 e. The molecule has 1 heterocycles. The first-order chi connectivity index (χ1) is 11.6. The highest BCUT2D eigenvalue weighted by atomic mass is 16.2. The number of amides is 1. The number of nitrogens with zero attached hydrogens (tertiary/aromatic N) is 1. The molecule has 0 bridgehead atoms. The van der Waals surface area contributed by atoms with Crippen molar-refractivity contribution in [2.75, 3.05) is 39.3 Å². The first-order valence-electron chi connectivity index (χ1n) is 10.3. The van der Waals surface area contributed by atoms with Crippen LogP contribution in [-0.2, 0) is 4.79 Å². The molecular formula is C20H43N3O. The highest BCUT2D eigenvalue weighted by Gasteiger charge is 2.43. The first-order valence-corrected chi connectivity index (χ1v) is 10.3. The molecule has 4 heteroatoms. The molecule has 0 aliphatic carbocycles. The Morgan fingerprint density at radius 1 is 0.917 bits per heavy atom. The second kappa shape index (κ2) is 14.7. The maximum Gasteiger partial charge on any atom is 0.228 e. The predicted octanol–water partition coefficient (Wildman–Crippen LogP) is 3.81. The van der Waals surface area contributed by atoms with E-state index in [4.69, 9.17) is 0 Å². The largest absolute Gasteiger partial charge is 0.356 e. The summed E-state index contributed by atoms with van der Waals surface area (Å²) in [7, 11) is 0. The molecule has 1 aliphatic heterocycles. The Kier molecular flexibility index (Phi) is 14.3. The van der Waals surface area contributed by atoms with Gasteiger partial charge in [-0.2, -0.15) is 0 Å². The van der Waals surface area contributed by atoms with Crippen LogP contribution in [0.3, 0.4) is 0 Å². The standard InChI is InChI=1S/C18H37N3O.C2H6/c1-4-12-19-13-10-8-6-7-9-11-14-20-17(22)18(3)15-21(5-2)16-18;1-2/h19H,4-16H2,1-3H3,(H,20,22);1-2H3. The molecule has 4 nitrogen and oxygen atoms in total. The van der Waals surface area contributed by atoms with Gasteiger partial charge in [0.1, 0.15) is 0 Å². The van der Waals surface area contributed by atoms with Crippen molar-refractivity contribution in [1.29, 1.82) is 0 Å². The van der Waals surface area contributed by atoms with Crippen molar-refractivity contribution >= 4 is 5.91 Å². The van der Waals surface area contributed by atoms with Gasteiger partial charge >= 0.3 is 0 Å². The van der Waals surface area contributed by atoms with Gasteiger partial charge in [0.2, 0.25) is 5.91 Å². The molecule has 0 saturated carbocycles. The van der Waals surface area contributed by atoms with Gasteiger partial charge in [0.25, 0.3) is 0 Å². The van der Waals surface area contributed by atoms with Crippen molar-refractivity contribution in [3.05, 3.63) is 0 Å². The fraction of sp³-hybridized carbons (Fsp3) is 0.950. The Balaban J connectivity index is 0.00000254. The molecule has 1 aliphatic rings. The maximum absolute atomic E-state index is 12.1. The quantitative estimate of drug-likeness (QED) is 0.501. The summed E-state index contributed by atoms with van der Waals surface area (Å²) >= 11 is 0. The average Bonchev–Trinajstić information content (AvgIpc) is 2.58. The lowest BCUT2D eigenvalue weighted by atomic mass is 9.81. The van der Waals surface area contributed by atoms with Crippen LogP contribution >= 0.6 is 0 Å². The van der Waals surface area contributed by atoms with Crippen LogP contribution in [-0.4, -0.2) is 50.1 Å². The third-order valence-electron chi connectivity index (χ3n) is 4.63. The highest BCUT2D eigenvalue weighted by molar-refractivity contribution is 5.83. The van der Waals surface area contributed by atoms with Crippen molar-refractivity contribution in [1.82, 2.24) is 15.5 Å². The summed E-state index contributed by atoms with van der Waals surface area (Å²) in [5, 5.41) is 6.56. The molecule has 1 rings (SSSR count). The summed E-state index contributed by atoms with van der Waals surface area (Å²) in [6, 6.07) is 0. The smallest absolute Gasteiger partial charge is 0.228 e. The Bertz CT molecular complexity index is 301. The predicted molar refractivity (Wildman–Crippen MR) is 105 cm³/mol. The third kappa shape index (κ3) is 9.63. The zero-order valence-corrected chi connectivity index (χ0v) is 17.0. The summed E-state index contributed by atoms with van der Waals surface area (Å²) in [5.41, 5.74) is -0.137. The molecule has 0 unspecified atom stereocenters. The maximum atomic E-state index is 12.1. The van der Waals surface area contributed by atoms with Crippen LogP contribution in [0.15, 0.2) is 0 Å². The Hall–Kier alpha value is -0.610. The van der Waals surface area contributed by atoms with Crippen molar-refractivity contribution in [2.45, 2.75) is 79.6 Å². The van der Waals surface area contributed by atoms with Crippen LogP contribution in [0.1, 0.15) is 79.6 Å². The molecule has 144 valence electrons. The van der Waals surface area contributed by atoms with E-state index < -0.39 is 0 Å². The second-order valence-electron chi connectivity index (χ2n) is 6.99. The van der Waals surface area contributed by atoms with Gasteiger partial charge in [-0.25, -0.2) is 0 Å². The summed E-state index contributed by atoms with van der Waals surface area (Å²) in [5.74, 6) is 0.249. The van der Waals surface area contributed by atoms with E-state index in [1.54, 1.807) is 0 Å². The highest BCUT2D eigenvalue weighted by Crippen LogP contribution is 2.29. The molecular weight excluding hydrogens is 298 g/mol. The number of hydrogen-bond donors (Lipinski definition) is 2. The van der Waals surface area contributed by atoms with Gasteiger partial charge in [-0.1, -0.05) is 53.4 Å². The first kappa shape index (κ1) is 23.4. The van der Waals surface area contributed by atoms with Gasteiger partial charge in [0.05, 0.1) is 5.41 Å². The molecule has 1 fully saturated rings.